The van der Waals surface area contributed by atoms with E-state index in [1.54, 1.807) is 0 Å². The lowest BCUT2D eigenvalue weighted by Gasteiger charge is -2.31. The first-order valence-corrected chi connectivity index (χ1v) is 11.3. The fourth-order valence-electron chi connectivity index (χ4n) is 3.48. The summed E-state index contributed by atoms with van der Waals surface area (Å²) in [6.45, 7) is 0.559. The van der Waals surface area contributed by atoms with Crippen LogP contribution >= 0.6 is 0 Å². The summed E-state index contributed by atoms with van der Waals surface area (Å²) in [6.07, 6.45) is -2.78. The van der Waals surface area contributed by atoms with Crippen molar-refractivity contribution < 1.29 is 23.7 Å². The first kappa shape index (κ1) is 25.9. The molecule has 0 saturated heterocycles. The molecule has 8 heteroatoms. The lowest BCUT2D eigenvalue weighted by atomic mass is 10.1. The minimum Gasteiger partial charge on any atom is -0.467 e. The Morgan fingerprint density at radius 2 is 1.23 bits per heavy atom. The number of carbonyl (C=O) groups is 1. The lowest BCUT2D eigenvalue weighted by Crippen LogP contribution is -2.48. The Morgan fingerprint density at radius 1 is 0.771 bits per heavy atom. The molecular formula is C27H29N3O5. The van der Waals surface area contributed by atoms with Gasteiger partial charge in [-0.1, -0.05) is 96.1 Å². The number of hydrogen-bond acceptors (Lipinski definition) is 6. The van der Waals surface area contributed by atoms with E-state index in [0.717, 1.165) is 16.7 Å². The zero-order valence-corrected chi connectivity index (χ0v) is 19.6. The fraction of sp³-hybridized carbons (Fsp3) is 0.296. The third-order valence-corrected chi connectivity index (χ3v) is 5.29. The van der Waals surface area contributed by atoms with Crippen LogP contribution in [0.15, 0.2) is 96.1 Å². The average Bonchev–Trinajstić information content (AvgIpc) is 2.92. The van der Waals surface area contributed by atoms with Gasteiger partial charge in [-0.05, 0) is 22.2 Å². The zero-order chi connectivity index (χ0) is 24.7. The number of hydrogen-bond donors (Lipinski definition) is 0. The Labute approximate surface area is 205 Å². The van der Waals surface area contributed by atoms with E-state index >= 15 is 0 Å². The Hall–Kier alpha value is -3.68. The number of azide groups is 1. The summed E-state index contributed by atoms with van der Waals surface area (Å²) in [7, 11) is 1.29. The van der Waals surface area contributed by atoms with E-state index in [4.69, 9.17) is 24.5 Å². The molecule has 0 spiro atoms. The van der Waals surface area contributed by atoms with Crippen LogP contribution in [0.25, 0.3) is 10.4 Å². The Bertz CT molecular complexity index is 1060. The maximum atomic E-state index is 12.9. The van der Waals surface area contributed by atoms with Crippen molar-refractivity contribution in [3.8, 4) is 0 Å². The van der Waals surface area contributed by atoms with Gasteiger partial charge in [0.2, 0.25) is 0 Å². The minimum absolute atomic E-state index is 0.0506. The van der Waals surface area contributed by atoms with Gasteiger partial charge in [0.15, 0.2) is 6.10 Å². The molecule has 3 aromatic rings. The molecule has 3 rings (SSSR count). The van der Waals surface area contributed by atoms with Crippen molar-refractivity contribution in [2.45, 2.75) is 38.1 Å². The van der Waals surface area contributed by atoms with Crippen LogP contribution in [0.1, 0.15) is 16.7 Å². The van der Waals surface area contributed by atoms with Gasteiger partial charge >= 0.3 is 5.97 Å². The summed E-state index contributed by atoms with van der Waals surface area (Å²) < 4.78 is 23.4. The molecule has 0 aliphatic heterocycles. The molecule has 0 N–H and O–H groups in total. The van der Waals surface area contributed by atoms with E-state index in [9.17, 15) is 4.79 Å². The second-order valence-electron chi connectivity index (χ2n) is 7.75. The SMILES string of the molecule is COC(=O)[C@@H](OCc1ccccc1)[C@H](OCc1ccccc1)[C@@H](CN=[N+]=[N-])OCc1ccccc1. The molecule has 0 unspecified atom stereocenters. The number of methoxy groups -OCH3 is 1. The van der Waals surface area contributed by atoms with Gasteiger partial charge in [0.1, 0.15) is 6.10 Å². The molecule has 0 saturated carbocycles. The number of ether oxygens (including phenoxy) is 4. The van der Waals surface area contributed by atoms with E-state index < -0.39 is 24.3 Å². The van der Waals surface area contributed by atoms with Crippen LogP contribution in [0.5, 0.6) is 0 Å². The third-order valence-electron chi connectivity index (χ3n) is 5.29. The predicted molar refractivity (Wildman–Crippen MR) is 131 cm³/mol. The second kappa shape index (κ2) is 14.6. The van der Waals surface area contributed by atoms with Crippen molar-refractivity contribution in [2.24, 2.45) is 5.11 Å². The molecule has 0 aliphatic rings. The molecule has 8 nitrogen and oxygen atoms in total. The Morgan fingerprint density at radius 3 is 1.69 bits per heavy atom. The lowest BCUT2D eigenvalue weighted by molar-refractivity contribution is -0.183. The summed E-state index contributed by atoms with van der Waals surface area (Å²) in [5.74, 6) is -0.603. The Balaban J connectivity index is 1.86. The molecule has 0 radical (unpaired) electrons. The van der Waals surface area contributed by atoms with Crippen LogP contribution < -0.4 is 0 Å². The number of nitrogens with zero attached hydrogens (tertiary/aromatic N) is 3. The number of benzene rings is 3. The zero-order valence-electron chi connectivity index (χ0n) is 19.6. The van der Waals surface area contributed by atoms with Crippen molar-refractivity contribution in [1.29, 1.82) is 0 Å². The molecule has 0 amide bonds. The van der Waals surface area contributed by atoms with E-state index in [-0.39, 0.29) is 26.4 Å². The highest BCUT2D eigenvalue weighted by Crippen LogP contribution is 2.20. The Kier molecular flexibility index (Phi) is 10.8. The monoisotopic (exact) mass is 475 g/mol. The van der Waals surface area contributed by atoms with Gasteiger partial charge in [-0.25, -0.2) is 4.79 Å². The van der Waals surface area contributed by atoms with Crippen LogP contribution in [-0.4, -0.2) is 37.9 Å². The number of esters is 1. The second-order valence-corrected chi connectivity index (χ2v) is 7.75. The number of rotatable bonds is 14. The van der Waals surface area contributed by atoms with Gasteiger partial charge < -0.3 is 18.9 Å². The van der Waals surface area contributed by atoms with Crippen LogP contribution in [0, 0.1) is 0 Å². The molecule has 3 aromatic carbocycles. The van der Waals surface area contributed by atoms with Crippen molar-refractivity contribution in [3.05, 3.63) is 118 Å². The topological polar surface area (TPSA) is 103 Å². The first-order chi connectivity index (χ1) is 17.2. The maximum Gasteiger partial charge on any atom is 0.337 e. The summed E-state index contributed by atoms with van der Waals surface area (Å²) in [6, 6.07) is 28.6. The summed E-state index contributed by atoms with van der Waals surface area (Å²) in [4.78, 5) is 15.7. The van der Waals surface area contributed by atoms with Gasteiger partial charge in [0, 0.05) is 4.91 Å². The number of carbonyl (C=O) groups excluding carboxylic acids is 1. The minimum atomic E-state index is -1.11. The summed E-state index contributed by atoms with van der Waals surface area (Å²) in [5.41, 5.74) is 11.7. The fourth-order valence-corrected chi connectivity index (χ4v) is 3.48. The largest absolute Gasteiger partial charge is 0.467 e. The highest BCUT2D eigenvalue weighted by atomic mass is 16.6. The van der Waals surface area contributed by atoms with E-state index in [1.165, 1.54) is 7.11 Å². The van der Waals surface area contributed by atoms with Crippen molar-refractivity contribution in [2.75, 3.05) is 13.7 Å². The van der Waals surface area contributed by atoms with E-state index in [0.29, 0.717) is 0 Å². The van der Waals surface area contributed by atoms with Crippen LogP contribution in [0.2, 0.25) is 0 Å². The average molecular weight is 476 g/mol. The molecule has 0 aliphatic carbocycles. The van der Waals surface area contributed by atoms with Crippen LogP contribution in [0.3, 0.4) is 0 Å². The highest BCUT2D eigenvalue weighted by Gasteiger charge is 2.38. The molecule has 0 heterocycles. The first-order valence-electron chi connectivity index (χ1n) is 11.3. The molecule has 0 aromatic heterocycles. The molecule has 0 fully saturated rings. The molecule has 182 valence electrons. The quantitative estimate of drug-likeness (QED) is 0.138. The van der Waals surface area contributed by atoms with Gasteiger partial charge in [-0.2, -0.15) is 0 Å². The molecule has 3 atom stereocenters. The normalized spacial score (nSPS) is 13.3. The van der Waals surface area contributed by atoms with Crippen LogP contribution in [-0.2, 0) is 43.6 Å². The van der Waals surface area contributed by atoms with Gasteiger partial charge in [0.05, 0.1) is 39.6 Å². The molecular weight excluding hydrogens is 446 g/mol. The van der Waals surface area contributed by atoms with Crippen molar-refractivity contribution in [1.82, 2.24) is 0 Å². The smallest absolute Gasteiger partial charge is 0.337 e. The van der Waals surface area contributed by atoms with Crippen molar-refractivity contribution in [3.63, 3.8) is 0 Å². The standard InChI is InChI=1S/C27H29N3O5/c1-32-27(31)26(35-20-23-15-9-4-10-16-23)25(34-19-22-13-7-3-8-14-22)24(17-29-30-28)33-18-21-11-5-2-6-12-21/h2-16,24-26H,17-20H2,1H3/t24-,25-,26+/m1/s1. The van der Waals surface area contributed by atoms with Crippen molar-refractivity contribution >= 4 is 5.97 Å². The summed E-state index contributed by atoms with van der Waals surface area (Å²) in [5, 5.41) is 3.71. The predicted octanol–water partition coefficient (Wildman–Crippen LogP) is 5.23. The van der Waals surface area contributed by atoms with Gasteiger partial charge in [-0.3, -0.25) is 0 Å². The summed E-state index contributed by atoms with van der Waals surface area (Å²) >= 11 is 0. The van der Waals surface area contributed by atoms with Gasteiger partial charge in [-0.15, -0.1) is 0 Å². The highest BCUT2D eigenvalue weighted by molar-refractivity contribution is 5.75. The van der Waals surface area contributed by atoms with E-state index in [1.807, 2.05) is 91.0 Å². The van der Waals surface area contributed by atoms with Gasteiger partial charge in [0.25, 0.3) is 0 Å². The third kappa shape index (κ3) is 8.55. The van der Waals surface area contributed by atoms with Crippen LogP contribution in [0.4, 0.5) is 0 Å². The molecule has 35 heavy (non-hydrogen) atoms. The maximum absolute atomic E-state index is 12.9. The van der Waals surface area contributed by atoms with E-state index in [2.05, 4.69) is 10.0 Å². The molecule has 0 bridgehead atoms.